The van der Waals surface area contributed by atoms with Crippen LogP contribution in [-0.4, -0.2) is 64.2 Å². The van der Waals surface area contributed by atoms with Gasteiger partial charge in [0.15, 0.2) is 0 Å². The van der Waals surface area contributed by atoms with Gasteiger partial charge < -0.3 is 14.8 Å². The molecule has 7 heteroatoms. The summed E-state index contributed by atoms with van der Waals surface area (Å²) in [7, 11) is 3.01. The summed E-state index contributed by atoms with van der Waals surface area (Å²) in [6.45, 7) is 1.14. The minimum atomic E-state index is -0.700. The normalized spacial score (nSPS) is 20.6. The Morgan fingerprint density at radius 2 is 2.00 bits per heavy atom. The fourth-order valence-corrected chi connectivity index (χ4v) is 3.78. The van der Waals surface area contributed by atoms with E-state index in [1.165, 1.54) is 22.9 Å². The monoisotopic (exact) mass is 340 g/mol. The quantitative estimate of drug-likeness (QED) is 0.838. The molecule has 0 aliphatic carbocycles. The number of hydrogen-bond acceptors (Lipinski definition) is 3. The van der Waals surface area contributed by atoms with Crippen LogP contribution in [0.4, 0.5) is 4.79 Å². The highest BCUT2D eigenvalue weighted by Crippen LogP contribution is 2.28. The van der Waals surface area contributed by atoms with Gasteiger partial charge in [-0.15, -0.1) is 0 Å². The minimum absolute atomic E-state index is 0.0287. The Hall–Kier alpha value is -2.83. The number of amides is 4. The minimum Gasteiger partial charge on any atom is -0.357 e. The van der Waals surface area contributed by atoms with Crippen molar-refractivity contribution in [2.75, 3.05) is 20.6 Å². The van der Waals surface area contributed by atoms with Crippen LogP contribution in [0.5, 0.6) is 0 Å². The van der Waals surface area contributed by atoms with E-state index in [2.05, 4.69) is 11.1 Å². The topological polar surface area (TPSA) is 76.7 Å². The van der Waals surface area contributed by atoms with Gasteiger partial charge in [-0.1, -0.05) is 18.2 Å². The zero-order chi connectivity index (χ0) is 17.7. The molecule has 1 saturated heterocycles. The maximum absolute atomic E-state index is 12.7. The number of carbonyl (C=O) groups excluding carboxylic acids is 3. The molecule has 0 spiro atoms. The molecule has 7 nitrogen and oxygen atoms in total. The van der Waals surface area contributed by atoms with E-state index in [9.17, 15) is 14.4 Å². The molecule has 4 rings (SSSR count). The van der Waals surface area contributed by atoms with Crippen molar-refractivity contribution in [1.29, 1.82) is 0 Å². The second-order valence-electron chi connectivity index (χ2n) is 6.70. The molecule has 2 aliphatic rings. The van der Waals surface area contributed by atoms with Gasteiger partial charge in [0.2, 0.25) is 5.91 Å². The third kappa shape index (κ3) is 2.38. The second kappa shape index (κ2) is 5.61. The number of H-pyrrole nitrogens is 1. The van der Waals surface area contributed by atoms with Crippen molar-refractivity contribution >= 4 is 28.7 Å². The molecule has 0 unspecified atom stereocenters. The van der Waals surface area contributed by atoms with Crippen LogP contribution in [0.3, 0.4) is 0 Å². The van der Waals surface area contributed by atoms with E-state index in [0.717, 1.165) is 22.5 Å². The van der Waals surface area contributed by atoms with Crippen LogP contribution in [0, 0.1) is 0 Å². The van der Waals surface area contributed by atoms with Crippen LogP contribution in [-0.2, 0) is 22.6 Å². The van der Waals surface area contributed by atoms with E-state index >= 15 is 0 Å². The van der Waals surface area contributed by atoms with Crippen LogP contribution in [0.2, 0.25) is 0 Å². The molecule has 130 valence electrons. The summed E-state index contributed by atoms with van der Waals surface area (Å²) in [5.74, 6) is -0.415. The smallest absolute Gasteiger partial charge is 0.326 e. The number of benzene rings is 1. The second-order valence-corrected chi connectivity index (χ2v) is 6.70. The van der Waals surface area contributed by atoms with Gasteiger partial charge in [-0.25, -0.2) is 4.79 Å². The van der Waals surface area contributed by atoms with Crippen molar-refractivity contribution in [1.82, 2.24) is 19.7 Å². The van der Waals surface area contributed by atoms with E-state index in [0.29, 0.717) is 13.1 Å². The van der Waals surface area contributed by atoms with E-state index in [1.807, 2.05) is 18.2 Å². The lowest BCUT2D eigenvalue weighted by Gasteiger charge is -2.28. The molecule has 1 aromatic heterocycles. The largest absolute Gasteiger partial charge is 0.357 e. The van der Waals surface area contributed by atoms with E-state index in [1.54, 1.807) is 11.9 Å². The Morgan fingerprint density at radius 3 is 2.72 bits per heavy atom. The molecule has 0 bridgehead atoms. The van der Waals surface area contributed by atoms with Crippen molar-refractivity contribution in [2.24, 2.45) is 0 Å². The van der Waals surface area contributed by atoms with Crippen molar-refractivity contribution < 1.29 is 14.4 Å². The zero-order valence-electron chi connectivity index (χ0n) is 14.3. The van der Waals surface area contributed by atoms with Gasteiger partial charge in [0, 0.05) is 37.2 Å². The van der Waals surface area contributed by atoms with Crippen LogP contribution in [0.25, 0.3) is 10.9 Å². The number of carbonyl (C=O) groups is 3. The lowest BCUT2D eigenvalue weighted by atomic mass is 10.0. The van der Waals surface area contributed by atoms with Crippen LogP contribution >= 0.6 is 0 Å². The zero-order valence-corrected chi connectivity index (χ0v) is 14.3. The number of nitrogens with one attached hydrogen (secondary N) is 1. The average Bonchev–Trinajstić information content (AvgIpc) is 3.08. The van der Waals surface area contributed by atoms with Gasteiger partial charge in [0.05, 0.1) is 13.0 Å². The summed E-state index contributed by atoms with van der Waals surface area (Å²) in [5, 5.41) is 1.21. The van der Waals surface area contributed by atoms with Gasteiger partial charge in [-0.3, -0.25) is 14.5 Å². The standard InChI is InChI=1S/C18H20N4O3/c1-20-15(17(24)21(2)18(20)25)9-16(23)22-8-7-12-11-5-3-4-6-13(11)19-14(12)10-22/h3-6,15,19H,7-10H2,1-2H3/t15-/m1/s1. The molecule has 2 aromatic rings. The Labute approximate surface area is 145 Å². The number of urea groups is 1. The third-order valence-corrected chi connectivity index (χ3v) is 5.28. The molecule has 3 heterocycles. The first-order valence-electron chi connectivity index (χ1n) is 8.38. The Bertz CT molecular complexity index is 888. The molecule has 1 atom stereocenters. The van der Waals surface area contributed by atoms with Crippen LogP contribution in [0.1, 0.15) is 17.7 Å². The first-order chi connectivity index (χ1) is 12.0. The number of hydrogen-bond donors (Lipinski definition) is 1. The van der Waals surface area contributed by atoms with Crippen molar-refractivity contribution in [2.45, 2.75) is 25.4 Å². The average molecular weight is 340 g/mol. The van der Waals surface area contributed by atoms with E-state index in [4.69, 9.17) is 0 Å². The molecular weight excluding hydrogens is 320 g/mol. The molecular formula is C18H20N4O3. The predicted octanol–water partition coefficient (Wildman–Crippen LogP) is 1.34. The number of imide groups is 1. The predicted molar refractivity (Wildman–Crippen MR) is 91.8 cm³/mol. The summed E-state index contributed by atoms with van der Waals surface area (Å²) in [6.07, 6.45) is 0.819. The van der Waals surface area contributed by atoms with Crippen molar-refractivity contribution in [3.05, 3.63) is 35.5 Å². The highest BCUT2D eigenvalue weighted by atomic mass is 16.2. The Morgan fingerprint density at radius 1 is 1.24 bits per heavy atom. The fraction of sp³-hybridized carbons (Fsp3) is 0.389. The number of rotatable bonds is 2. The van der Waals surface area contributed by atoms with E-state index < -0.39 is 6.04 Å². The summed E-state index contributed by atoms with van der Waals surface area (Å²) in [4.78, 5) is 44.3. The molecule has 25 heavy (non-hydrogen) atoms. The summed E-state index contributed by atoms with van der Waals surface area (Å²) >= 11 is 0. The third-order valence-electron chi connectivity index (χ3n) is 5.28. The van der Waals surface area contributed by atoms with Gasteiger partial charge in [-0.05, 0) is 18.1 Å². The SMILES string of the molecule is CN1C(=O)[C@@H](CC(=O)N2CCc3c([nH]c4ccccc34)C2)N(C)C1=O. The number of aromatic amines is 1. The summed E-state index contributed by atoms with van der Waals surface area (Å²) in [5.41, 5.74) is 3.41. The van der Waals surface area contributed by atoms with Gasteiger partial charge in [0.1, 0.15) is 6.04 Å². The van der Waals surface area contributed by atoms with Gasteiger partial charge >= 0.3 is 6.03 Å². The molecule has 4 amide bonds. The van der Waals surface area contributed by atoms with Crippen LogP contribution < -0.4 is 0 Å². The Kier molecular flexibility index (Phi) is 3.52. The molecule has 2 aliphatic heterocycles. The van der Waals surface area contributed by atoms with Crippen LogP contribution in [0.15, 0.2) is 24.3 Å². The fourth-order valence-electron chi connectivity index (χ4n) is 3.78. The maximum atomic E-state index is 12.7. The van der Waals surface area contributed by atoms with E-state index in [-0.39, 0.29) is 24.3 Å². The number of para-hydroxylation sites is 1. The lowest BCUT2D eigenvalue weighted by molar-refractivity contribution is -0.137. The number of likely N-dealkylation sites (N-methyl/N-ethyl adjacent to an activating group) is 2. The highest BCUT2D eigenvalue weighted by molar-refractivity contribution is 6.05. The Balaban J connectivity index is 1.51. The van der Waals surface area contributed by atoms with Crippen molar-refractivity contribution in [3.8, 4) is 0 Å². The van der Waals surface area contributed by atoms with Gasteiger partial charge in [-0.2, -0.15) is 0 Å². The lowest BCUT2D eigenvalue weighted by Crippen LogP contribution is -2.41. The van der Waals surface area contributed by atoms with Crippen molar-refractivity contribution in [3.63, 3.8) is 0 Å². The first-order valence-corrected chi connectivity index (χ1v) is 8.38. The first kappa shape index (κ1) is 15.7. The number of nitrogens with zero attached hydrogens (tertiary/aromatic N) is 3. The molecule has 1 N–H and O–H groups in total. The van der Waals surface area contributed by atoms with Gasteiger partial charge in [0.25, 0.3) is 5.91 Å². The molecule has 1 aromatic carbocycles. The number of aromatic nitrogens is 1. The highest BCUT2D eigenvalue weighted by Gasteiger charge is 2.42. The molecule has 0 saturated carbocycles. The maximum Gasteiger partial charge on any atom is 0.326 e. The number of fused-ring (bicyclic) bond motifs is 3. The molecule has 0 radical (unpaired) electrons. The molecule has 1 fully saturated rings. The summed E-state index contributed by atoms with van der Waals surface area (Å²) < 4.78 is 0. The summed E-state index contributed by atoms with van der Waals surface area (Å²) in [6, 6.07) is 7.07.